The highest BCUT2D eigenvalue weighted by molar-refractivity contribution is 5.95. The van der Waals surface area contributed by atoms with E-state index in [4.69, 9.17) is 0 Å². The van der Waals surface area contributed by atoms with Gasteiger partial charge in [-0.15, -0.1) is 0 Å². The lowest BCUT2D eigenvalue weighted by atomic mass is 10.1. The first-order valence-electron chi connectivity index (χ1n) is 5.16. The van der Waals surface area contributed by atoms with Crippen molar-refractivity contribution < 1.29 is 4.79 Å². The lowest BCUT2D eigenvalue weighted by Gasteiger charge is -2.08. The summed E-state index contributed by atoms with van der Waals surface area (Å²) in [5.74, 6) is 1.32. The topological polar surface area (TPSA) is 54.0 Å². The summed E-state index contributed by atoms with van der Waals surface area (Å²) in [4.78, 5) is 15.8. The second kappa shape index (κ2) is 3.88. The van der Waals surface area contributed by atoms with Crippen LogP contribution in [0.5, 0.6) is 0 Å². The van der Waals surface area contributed by atoms with Crippen LogP contribution in [0.2, 0.25) is 0 Å². The van der Waals surface area contributed by atoms with E-state index in [0.29, 0.717) is 11.5 Å². The van der Waals surface area contributed by atoms with Crippen LogP contribution in [-0.2, 0) is 0 Å². The molecular formula is C11H15N3O. The normalized spacial score (nSPS) is 14.8. The Kier molecular flexibility index (Phi) is 2.58. The number of nitrogens with zero attached hydrogens (tertiary/aromatic N) is 1. The van der Waals surface area contributed by atoms with Crippen LogP contribution < -0.4 is 10.6 Å². The number of aromatic nitrogens is 1. The van der Waals surface area contributed by atoms with Gasteiger partial charge in [-0.1, -0.05) is 0 Å². The minimum atomic E-state index is -0.0490. The van der Waals surface area contributed by atoms with E-state index in [1.165, 1.54) is 12.8 Å². The zero-order valence-electron chi connectivity index (χ0n) is 9.00. The number of anilines is 1. The van der Waals surface area contributed by atoms with Gasteiger partial charge in [0.15, 0.2) is 0 Å². The molecule has 80 valence electrons. The van der Waals surface area contributed by atoms with E-state index in [-0.39, 0.29) is 5.91 Å². The Balaban J connectivity index is 2.39. The summed E-state index contributed by atoms with van der Waals surface area (Å²) in [5, 5.41) is 5.63. The van der Waals surface area contributed by atoms with E-state index in [0.717, 1.165) is 11.4 Å². The molecule has 1 aromatic heterocycles. The number of pyridine rings is 1. The summed E-state index contributed by atoms with van der Waals surface area (Å²) in [6, 6.07) is 1.97. The van der Waals surface area contributed by atoms with Crippen LogP contribution in [0.4, 0.5) is 5.82 Å². The first-order chi connectivity index (χ1) is 7.26. The SMILES string of the molecule is CNC(=O)c1cnc(NC)cc1C1CC1. The Labute approximate surface area is 89.1 Å². The maximum atomic E-state index is 11.6. The molecule has 4 nitrogen and oxygen atoms in total. The van der Waals surface area contributed by atoms with E-state index in [1.807, 2.05) is 13.1 Å². The summed E-state index contributed by atoms with van der Waals surface area (Å²) in [5.41, 5.74) is 1.83. The summed E-state index contributed by atoms with van der Waals surface area (Å²) < 4.78 is 0. The first-order valence-corrected chi connectivity index (χ1v) is 5.16. The van der Waals surface area contributed by atoms with Crippen LogP contribution in [-0.4, -0.2) is 25.0 Å². The van der Waals surface area contributed by atoms with Gasteiger partial charge in [-0.05, 0) is 30.4 Å². The van der Waals surface area contributed by atoms with Gasteiger partial charge in [-0.2, -0.15) is 0 Å². The highest BCUT2D eigenvalue weighted by atomic mass is 16.1. The molecule has 1 amide bonds. The van der Waals surface area contributed by atoms with Gasteiger partial charge in [-0.25, -0.2) is 4.98 Å². The zero-order chi connectivity index (χ0) is 10.8. The van der Waals surface area contributed by atoms with E-state index >= 15 is 0 Å². The number of hydrogen-bond donors (Lipinski definition) is 2. The molecule has 0 radical (unpaired) electrons. The summed E-state index contributed by atoms with van der Waals surface area (Å²) in [6.45, 7) is 0. The molecule has 4 heteroatoms. The average Bonchev–Trinajstić information content (AvgIpc) is 3.11. The third kappa shape index (κ3) is 1.93. The molecule has 2 rings (SSSR count). The molecule has 1 fully saturated rings. The van der Waals surface area contributed by atoms with Crippen molar-refractivity contribution in [1.82, 2.24) is 10.3 Å². The van der Waals surface area contributed by atoms with Crippen LogP contribution in [0, 0.1) is 0 Å². The Morgan fingerprint density at radius 2 is 2.20 bits per heavy atom. The molecule has 0 atom stereocenters. The molecule has 0 spiro atoms. The maximum Gasteiger partial charge on any atom is 0.252 e. The predicted octanol–water partition coefficient (Wildman–Crippen LogP) is 1.36. The molecule has 1 aromatic rings. The average molecular weight is 205 g/mol. The molecule has 1 heterocycles. The van der Waals surface area contributed by atoms with Gasteiger partial charge in [0.25, 0.3) is 5.91 Å². The monoisotopic (exact) mass is 205 g/mol. The van der Waals surface area contributed by atoms with Crippen LogP contribution in [0.25, 0.3) is 0 Å². The molecule has 2 N–H and O–H groups in total. The molecule has 15 heavy (non-hydrogen) atoms. The molecule has 0 saturated heterocycles. The fourth-order valence-electron chi connectivity index (χ4n) is 1.66. The second-order valence-electron chi connectivity index (χ2n) is 3.76. The van der Waals surface area contributed by atoms with Crippen molar-refractivity contribution in [1.29, 1.82) is 0 Å². The summed E-state index contributed by atoms with van der Waals surface area (Å²) >= 11 is 0. The second-order valence-corrected chi connectivity index (χ2v) is 3.76. The van der Waals surface area contributed by atoms with Crippen LogP contribution in [0.3, 0.4) is 0 Å². The lowest BCUT2D eigenvalue weighted by molar-refractivity contribution is 0.0962. The van der Waals surface area contributed by atoms with Gasteiger partial charge in [-0.3, -0.25) is 4.79 Å². The first kappa shape index (κ1) is 9.96. The quantitative estimate of drug-likeness (QED) is 0.783. The number of carbonyl (C=O) groups is 1. The van der Waals surface area contributed by atoms with Crippen LogP contribution in [0.15, 0.2) is 12.3 Å². The fourth-order valence-corrected chi connectivity index (χ4v) is 1.66. The smallest absolute Gasteiger partial charge is 0.252 e. The molecule has 1 saturated carbocycles. The van der Waals surface area contributed by atoms with Gasteiger partial charge < -0.3 is 10.6 Å². The number of hydrogen-bond acceptors (Lipinski definition) is 3. The van der Waals surface area contributed by atoms with Gasteiger partial charge >= 0.3 is 0 Å². The standard InChI is InChI=1S/C11H15N3O/c1-12-10-5-8(7-3-4-7)9(6-14-10)11(15)13-2/h5-7H,3-4H2,1-2H3,(H,12,14)(H,13,15). The van der Waals surface area contributed by atoms with Gasteiger partial charge in [0.05, 0.1) is 5.56 Å². The minimum absolute atomic E-state index is 0.0490. The van der Waals surface area contributed by atoms with Crippen molar-refractivity contribution in [3.63, 3.8) is 0 Å². The van der Waals surface area contributed by atoms with Crippen molar-refractivity contribution in [3.05, 3.63) is 23.4 Å². The third-order valence-electron chi connectivity index (χ3n) is 2.68. The number of nitrogens with one attached hydrogen (secondary N) is 2. The maximum absolute atomic E-state index is 11.6. The minimum Gasteiger partial charge on any atom is -0.373 e. The number of carbonyl (C=O) groups excluding carboxylic acids is 1. The number of amides is 1. The van der Waals surface area contributed by atoms with Gasteiger partial charge in [0.1, 0.15) is 5.82 Å². The molecule has 1 aliphatic rings. The van der Waals surface area contributed by atoms with E-state index in [1.54, 1.807) is 13.2 Å². The molecule has 0 bridgehead atoms. The van der Waals surface area contributed by atoms with Crippen molar-refractivity contribution >= 4 is 11.7 Å². The predicted molar refractivity (Wildman–Crippen MR) is 59.1 cm³/mol. The van der Waals surface area contributed by atoms with Crippen molar-refractivity contribution in [2.24, 2.45) is 0 Å². The van der Waals surface area contributed by atoms with E-state index < -0.39 is 0 Å². The van der Waals surface area contributed by atoms with Crippen molar-refractivity contribution in [3.8, 4) is 0 Å². The molecule has 0 unspecified atom stereocenters. The largest absolute Gasteiger partial charge is 0.373 e. The third-order valence-corrected chi connectivity index (χ3v) is 2.68. The van der Waals surface area contributed by atoms with Gasteiger partial charge in [0, 0.05) is 20.3 Å². The molecule has 0 aromatic carbocycles. The molecular weight excluding hydrogens is 190 g/mol. The van der Waals surface area contributed by atoms with E-state index in [2.05, 4.69) is 15.6 Å². The Morgan fingerprint density at radius 1 is 1.47 bits per heavy atom. The van der Waals surface area contributed by atoms with Gasteiger partial charge in [0.2, 0.25) is 0 Å². The Bertz CT molecular complexity index is 385. The fraction of sp³-hybridized carbons (Fsp3) is 0.455. The van der Waals surface area contributed by atoms with E-state index in [9.17, 15) is 4.79 Å². The highest BCUT2D eigenvalue weighted by Gasteiger charge is 2.28. The van der Waals surface area contributed by atoms with Crippen molar-refractivity contribution in [2.45, 2.75) is 18.8 Å². The molecule has 0 aliphatic heterocycles. The Morgan fingerprint density at radius 3 is 2.73 bits per heavy atom. The summed E-state index contributed by atoms with van der Waals surface area (Å²) in [7, 11) is 3.48. The van der Waals surface area contributed by atoms with Crippen molar-refractivity contribution in [2.75, 3.05) is 19.4 Å². The number of rotatable bonds is 3. The van der Waals surface area contributed by atoms with Crippen LogP contribution in [0.1, 0.15) is 34.7 Å². The van der Waals surface area contributed by atoms with Crippen LogP contribution >= 0.6 is 0 Å². The highest BCUT2D eigenvalue weighted by Crippen LogP contribution is 2.42. The molecule has 1 aliphatic carbocycles. The lowest BCUT2D eigenvalue weighted by Crippen LogP contribution is -2.20. The zero-order valence-corrected chi connectivity index (χ0v) is 9.00. The summed E-state index contributed by atoms with van der Waals surface area (Å²) in [6.07, 6.45) is 4.01. The Hall–Kier alpha value is -1.58.